The zero-order valence-electron chi connectivity index (χ0n) is 20.2. The van der Waals surface area contributed by atoms with Crippen LogP contribution in [0.3, 0.4) is 0 Å². The molecule has 1 amide bonds. The van der Waals surface area contributed by atoms with Gasteiger partial charge in [-0.05, 0) is 30.3 Å². The number of hydrogen-bond acceptors (Lipinski definition) is 8. The van der Waals surface area contributed by atoms with Crippen LogP contribution < -0.4 is 14.8 Å². The molecule has 5 rings (SSSR count). The normalized spacial score (nSPS) is 14.7. The summed E-state index contributed by atoms with van der Waals surface area (Å²) in [7, 11) is 0. The first kappa shape index (κ1) is 26.1. The van der Waals surface area contributed by atoms with Crippen LogP contribution in [0.2, 0.25) is 5.02 Å². The van der Waals surface area contributed by atoms with E-state index >= 15 is 0 Å². The maximum absolute atomic E-state index is 13.6. The molecular formula is C27H19ClN4O6S. The second kappa shape index (κ2) is 11.1. The number of nitriles is 1. The molecule has 12 heteroatoms. The van der Waals surface area contributed by atoms with Crippen molar-refractivity contribution in [2.75, 3.05) is 26.3 Å². The highest BCUT2D eigenvalue weighted by Crippen LogP contribution is 2.32. The molecule has 39 heavy (non-hydrogen) atoms. The SMILES string of the molecule is N#C/C(C(=O)N1CCOCC1)=c1/s/c(=C/c2ccc(-c3ccc([N+](=O)[O-])cc3Cl)o2)c(=O)n1-c1ccccc1. The number of aromatic nitrogens is 1. The maximum Gasteiger partial charge on any atom is 0.273 e. The van der Waals surface area contributed by atoms with Crippen LogP contribution in [-0.2, 0) is 9.53 Å². The molecule has 0 bridgehead atoms. The highest BCUT2D eigenvalue weighted by molar-refractivity contribution is 7.07. The van der Waals surface area contributed by atoms with Gasteiger partial charge < -0.3 is 14.1 Å². The van der Waals surface area contributed by atoms with Crippen molar-refractivity contribution in [2.24, 2.45) is 0 Å². The number of halogens is 1. The third kappa shape index (κ3) is 5.26. The lowest BCUT2D eigenvalue weighted by Gasteiger charge is -2.26. The van der Waals surface area contributed by atoms with E-state index in [2.05, 4.69) is 0 Å². The van der Waals surface area contributed by atoms with Crippen molar-refractivity contribution in [2.45, 2.75) is 0 Å². The Morgan fingerprint density at radius 2 is 1.87 bits per heavy atom. The number of thiazole rings is 1. The molecule has 0 aliphatic carbocycles. The number of nitro groups is 1. The average Bonchev–Trinajstić information content (AvgIpc) is 3.54. The molecule has 196 valence electrons. The molecule has 0 radical (unpaired) electrons. The number of morpholine rings is 1. The van der Waals surface area contributed by atoms with Crippen LogP contribution in [-0.4, -0.2) is 46.6 Å². The van der Waals surface area contributed by atoms with Crippen LogP contribution in [0.15, 0.2) is 69.9 Å². The van der Waals surface area contributed by atoms with Gasteiger partial charge in [-0.15, -0.1) is 11.3 Å². The van der Waals surface area contributed by atoms with Crippen molar-refractivity contribution < 1.29 is 18.9 Å². The van der Waals surface area contributed by atoms with Gasteiger partial charge in [0.05, 0.1) is 33.4 Å². The first-order valence-electron chi connectivity index (χ1n) is 11.7. The number of rotatable bonds is 5. The van der Waals surface area contributed by atoms with E-state index < -0.39 is 16.4 Å². The van der Waals surface area contributed by atoms with E-state index in [1.165, 1.54) is 33.7 Å². The van der Waals surface area contributed by atoms with Crippen molar-refractivity contribution >= 4 is 46.2 Å². The molecule has 1 aliphatic heterocycles. The van der Waals surface area contributed by atoms with E-state index in [4.69, 9.17) is 20.8 Å². The number of nitrogens with zero attached hydrogens (tertiary/aromatic N) is 4. The zero-order chi connectivity index (χ0) is 27.5. The first-order valence-corrected chi connectivity index (χ1v) is 12.9. The predicted molar refractivity (Wildman–Crippen MR) is 145 cm³/mol. The Morgan fingerprint density at radius 3 is 2.54 bits per heavy atom. The van der Waals surface area contributed by atoms with Crippen molar-refractivity contribution in [3.8, 4) is 23.1 Å². The Kier molecular flexibility index (Phi) is 7.42. The first-order chi connectivity index (χ1) is 18.9. The van der Waals surface area contributed by atoms with Gasteiger partial charge in [0.25, 0.3) is 17.2 Å². The molecule has 0 spiro atoms. The molecule has 4 aromatic rings. The Hall–Kier alpha value is -4.50. The van der Waals surface area contributed by atoms with Crippen LogP contribution in [0.5, 0.6) is 0 Å². The molecule has 1 fully saturated rings. The van der Waals surface area contributed by atoms with Crippen molar-refractivity contribution in [1.29, 1.82) is 5.26 Å². The van der Waals surface area contributed by atoms with Gasteiger partial charge in [-0.3, -0.25) is 24.3 Å². The minimum atomic E-state index is -0.542. The largest absolute Gasteiger partial charge is 0.457 e. The highest BCUT2D eigenvalue weighted by atomic mass is 35.5. The minimum Gasteiger partial charge on any atom is -0.457 e. The topological polar surface area (TPSA) is 132 Å². The molecular weight excluding hydrogens is 544 g/mol. The lowest BCUT2D eigenvalue weighted by molar-refractivity contribution is -0.384. The number of hydrogen-bond donors (Lipinski definition) is 0. The number of carbonyl (C=O) groups excluding carboxylic acids is 1. The summed E-state index contributed by atoms with van der Waals surface area (Å²) in [5.74, 6) is 0.210. The lowest BCUT2D eigenvalue weighted by atomic mass is 10.1. The quantitative estimate of drug-likeness (QED) is 0.270. The second-order valence-corrected chi connectivity index (χ2v) is 9.84. The third-order valence-corrected chi connectivity index (χ3v) is 7.41. The molecule has 1 aliphatic rings. The molecule has 2 aromatic heterocycles. The van der Waals surface area contributed by atoms with Gasteiger partial charge in [0, 0.05) is 36.9 Å². The van der Waals surface area contributed by atoms with Gasteiger partial charge in [0.2, 0.25) is 0 Å². The van der Waals surface area contributed by atoms with E-state index in [0.29, 0.717) is 49.1 Å². The Morgan fingerprint density at radius 1 is 1.13 bits per heavy atom. The van der Waals surface area contributed by atoms with Gasteiger partial charge in [-0.1, -0.05) is 29.8 Å². The number of nitro benzene ring substituents is 1. The van der Waals surface area contributed by atoms with Crippen LogP contribution >= 0.6 is 22.9 Å². The summed E-state index contributed by atoms with van der Waals surface area (Å²) in [4.78, 5) is 38.9. The lowest BCUT2D eigenvalue weighted by Crippen LogP contribution is -2.42. The van der Waals surface area contributed by atoms with E-state index in [1.54, 1.807) is 42.5 Å². The fourth-order valence-corrected chi connectivity index (χ4v) is 5.44. The number of non-ortho nitro benzene ring substituents is 1. The van der Waals surface area contributed by atoms with Crippen LogP contribution in [0.25, 0.3) is 28.7 Å². The summed E-state index contributed by atoms with van der Waals surface area (Å²) in [6.07, 6.45) is 1.52. The third-order valence-electron chi connectivity index (χ3n) is 6.00. The van der Waals surface area contributed by atoms with Gasteiger partial charge in [-0.25, -0.2) is 0 Å². The fraction of sp³-hybridized carbons (Fsp3) is 0.148. The van der Waals surface area contributed by atoms with Crippen molar-refractivity contribution in [3.05, 3.63) is 101 Å². The fourth-order valence-electron chi connectivity index (χ4n) is 4.09. The molecule has 3 heterocycles. The summed E-state index contributed by atoms with van der Waals surface area (Å²) in [6.45, 7) is 1.45. The molecule has 0 atom stereocenters. The summed E-state index contributed by atoms with van der Waals surface area (Å²) >= 11 is 7.25. The molecule has 1 saturated heterocycles. The number of amides is 1. The second-order valence-electron chi connectivity index (χ2n) is 8.41. The smallest absolute Gasteiger partial charge is 0.273 e. The summed E-state index contributed by atoms with van der Waals surface area (Å²) in [5.41, 5.74) is 0.251. The Balaban J connectivity index is 1.64. The average molecular weight is 563 g/mol. The molecule has 2 aromatic carbocycles. The monoisotopic (exact) mass is 562 g/mol. The Bertz CT molecular complexity index is 1800. The predicted octanol–water partition coefficient (Wildman–Crippen LogP) is 3.08. The zero-order valence-corrected chi connectivity index (χ0v) is 21.8. The maximum atomic E-state index is 13.6. The number of ether oxygens (including phenoxy) is 1. The van der Waals surface area contributed by atoms with E-state index in [1.807, 2.05) is 6.07 Å². The van der Waals surface area contributed by atoms with E-state index in [-0.39, 0.29) is 25.5 Å². The summed E-state index contributed by atoms with van der Waals surface area (Å²) < 4.78 is 13.0. The van der Waals surface area contributed by atoms with Gasteiger partial charge in [0.15, 0.2) is 5.57 Å². The number of para-hydroxylation sites is 1. The van der Waals surface area contributed by atoms with Crippen molar-refractivity contribution in [1.82, 2.24) is 9.47 Å². The van der Waals surface area contributed by atoms with Gasteiger partial charge in [-0.2, -0.15) is 5.26 Å². The highest BCUT2D eigenvalue weighted by Gasteiger charge is 2.24. The minimum absolute atomic E-state index is 0.139. The van der Waals surface area contributed by atoms with Gasteiger partial charge >= 0.3 is 0 Å². The van der Waals surface area contributed by atoms with Crippen molar-refractivity contribution in [3.63, 3.8) is 0 Å². The summed E-state index contributed by atoms with van der Waals surface area (Å²) in [6, 6.07) is 18.1. The number of benzene rings is 2. The summed E-state index contributed by atoms with van der Waals surface area (Å²) in [5, 5.41) is 21.1. The van der Waals surface area contributed by atoms with Crippen LogP contribution in [0.4, 0.5) is 5.69 Å². The van der Waals surface area contributed by atoms with E-state index in [0.717, 1.165) is 11.3 Å². The number of furan rings is 1. The molecule has 10 nitrogen and oxygen atoms in total. The van der Waals surface area contributed by atoms with Crippen LogP contribution in [0.1, 0.15) is 5.76 Å². The van der Waals surface area contributed by atoms with E-state index in [9.17, 15) is 25.0 Å². The number of carbonyl (C=O) groups is 1. The van der Waals surface area contributed by atoms with Gasteiger partial charge in [0.1, 0.15) is 22.3 Å². The molecule has 0 saturated carbocycles. The van der Waals surface area contributed by atoms with Crippen LogP contribution in [0, 0.1) is 21.4 Å². The molecule has 0 N–H and O–H groups in total. The molecule has 0 unspecified atom stereocenters. The standard InChI is InChI=1S/C27H19ClN4O6S/c28-22-14-18(32(35)36)6-8-20(22)23-9-7-19(38-23)15-24-26(34)31(17-4-2-1-3-5-17)27(39-24)21(16-29)25(33)30-10-12-37-13-11-30/h1-9,14-15H,10-13H2/b24-15+,27-21-. The Labute approximate surface area is 230 Å².